The Hall–Kier alpha value is -1.20. The minimum atomic E-state index is -0.783. The second-order valence-corrected chi connectivity index (χ2v) is 10.3. The summed E-state index contributed by atoms with van der Waals surface area (Å²) in [6.07, 6.45) is 5.86. The molecule has 1 N–H and O–H groups in total. The van der Waals surface area contributed by atoms with Crippen LogP contribution < -0.4 is 0 Å². The first-order valence-electron chi connectivity index (χ1n) is 11.9. The molecule has 4 rings (SSSR count). The van der Waals surface area contributed by atoms with Crippen LogP contribution in [0.15, 0.2) is 41.5 Å². The highest BCUT2D eigenvalue weighted by molar-refractivity contribution is 5.26. The van der Waals surface area contributed by atoms with Crippen LogP contribution in [-0.4, -0.2) is 66.9 Å². The molecular formula is C26H40N2O2. The Bertz CT molecular complexity index is 739. The van der Waals surface area contributed by atoms with Gasteiger partial charge in [-0.05, 0) is 50.0 Å². The molecule has 2 fully saturated rings. The molecule has 1 aromatic rings. The molecule has 2 saturated heterocycles. The molecule has 2 heterocycles. The summed E-state index contributed by atoms with van der Waals surface area (Å²) in [6, 6.07) is 10.5. The maximum absolute atomic E-state index is 11.9. The average molecular weight is 413 g/mol. The molecule has 3 aliphatic rings. The fourth-order valence-corrected chi connectivity index (χ4v) is 6.05. The van der Waals surface area contributed by atoms with Crippen LogP contribution in [0.5, 0.6) is 0 Å². The number of aliphatic hydroxyl groups is 1. The third-order valence-electron chi connectivity index (χ3n) is 7.92. The Morgan fingerprint density at radius 2 is 1.80 bits per heavy atom. The van der Waals surface area contributed by atoms with Crippen molar-refractivity contribution < 1.29 is 9.84 Å². The fourth-order valence-electron chi connectivity index (χ4n) is 6.05. The molecule has 4 heteroatoms. The molecule has 0 saturated carbocycles. The number of benzene rings is 1. The molecule has 1 aromatic carbocycles. The fraction of sp³-hybridized carbons (Fsp3) is 0.692. The Balaban J connectivity index is 1.50. The lowest BCUT2D eigenvalue weighted by Crippen LogP contribution is -2.62. The first-order chi connectivity index (χ1) is 14.4. The number of ether oxygens (including phenoxy) is 1. The van der Waals surface area contributed by atoms with Gasteiger partial charge in [0.25, 0.3) is 0 Å². The van der Waals surface area contributed by atoms with Gasteiger partial charge in [-0.15, -0.1) is 0 Å². The quantitative estimate of drug-likeness (QED) is 0.736. The smallest absolute Gasteiger partial charge is 0.108 e. The van der Waals surface area contributed by atoms with Crippen LogP contribution in [-0.2, 0) is 10.3 Å². The van der Waals surface area contributed by atoms with Crippen molar-refractivity contribution in [2.45, 2.75) is 64.5 Å². The zero-order valence-electron chi connectivity index (χ0n) is 19.2. The molecule has 0 amide bonds. The van der Waals surface area contributed by atoms with Gasteiger partial charge < -0.3 is 14.7 Å². The van der Waals surface area contributed by atoms with Gasteiger partial charge in [-0.3, -0.25) is 4.90 Å². The van der Waals surface area contributed by atoms with Crippen molar-refractivity contribution in [2.24, 2.45) is 5.41 Å². The number of hydrogen-bond acceptors (Lipinski definition) is 4. The molecule has 2 atom stereocenters. The molecule has 0 aromatic heterocycles. The Kier molecular flexibility index (Phi) is 6.69. The number of likely N-dealkylation sites (tertiary alicyclic amines) is 1. The van der Waals surface area contributed by atoms with Crippen molar-refractivity contribution in [3.63, 3.8) is 0 Å². The average Bonchev–Trinajstić information content (AvgIpc) is 2.75. The number of nitrogens with zero attached hydrogens (tertiary/aromatic N) is 2. The highest BCUT2D eigenvalue weighted by Gasteiger charge is 2.46. The summed E-state index contributed by atoms with van der Waals surface area (Å²) < 4.78 is 5.61. The minimum Gasteiger partial charge on any atom is -0.383 e. The summed E-state index contributed by atoms with van der Waals surface area (Å²) in [5.74, 6) is 0. The van der Waals surface area contributed by atoms with Gasteiger partial charge in [0.05, 0.1) is 19.3 Å². The van der Waals surface area contributed by atoms with Gasteiger partial charge in [-0.1, -0.05) is 55.3 Å². The van der Waals surface area contributed by atoms with E-state index in [0.29, 0.717) is 5.41 Å². The number of morpholine rings is 1. The maximum Gasteiger partial charge on any atom is 0.108 e. The molecule has 166 valence electrons. The lowest BCUT2D eigenvalue weighted by Gasteiger charge is -2.50. The van der Waals surface area contributed by atoms with Gasteiger partial charge in [-0.2, -0.15) is 0 Å². The second-order valence-electron chi connectivity index (χ2n) is 10.3. The topological polar surface area (TPSA) is 35.9 Å². The van der Waals surface area contributed by atoms with E-state index in [2.05, 4.69) is 54.8 Å². The van der Waals surface area contributed by atoms with E-state index in [-0.39, 0.29) is 6.04 Å². The highest BCUT2D eigenvalue weighted by Crippen LogP contribution is 2.42. The molecule has 0 bridgehead atoms. The standard InChI is InChI=1S/C26H40N2O2/c1-21-8-7-12-25(2,3)23(21)11-14-27-15-13-26(29,22-9-5-4-6-10-22)24(20-27)28-16-18-30-19-17-28/h4-6,9-10,24,29H,7-8,11-20H2,1-3H3/t24-,26+/m1/s1. The molecule has 0 radical (unpaired) electrons. The number of piperidine rings is 1. The van der Waals surface area contributed by atoms with E-state index in [1.165, 1.54) is 25.7 Å². The van der Waals surface area contributed by atoms with Crippen molar-refractivity contribution in [3.05, 3.63) is 47.0 Å². The molecule has 0 spiro atoms. The Labute approximate surface area is 182 Å². The zero-order chi connectivity index (χ0) is 21.2. The zero-order valence-corrected chi connectivity index (χ0v) is 19.2. The van der Waals surface area contributed by atoms with Gasteiger partial charge in [0.2, 0.25) is 0 Å². The molecular weight excluding hydrogens is 372 g/mol. The summed E-state index contributed by atoms with van der Waals surface area (Å²) in [4.78, 5) is 5.07. The maximum atomic E-state index is 11.9. The Morgan fingerprint density at radius 1 is 1.07 bits per heavy atom. The largest absolute Gasteiger partial charge is 0.383 e. The van der Waals surface area contributed by atoms with E-state index in [4.69, 9.17) is 4.74 Å². The van der Waals surface area contributed by atoms with Gasteiger partial charge in [-0.25, -0.2) is 0 Å². The lowest BCUT2D eigenvalue weighted by atomic mass is 9.71. The Morgan fingerprint density at radius 3 is 2.50 bits per heavy atom. The van der Waals surface area contributed by atoms with Crippen molar-refractivity contribution in [2.75, 3.05) is 45.9 Å². The van der Waals surface area contributed by atoms with Crippen LogP contribution in [0.25, 0.3) is 0 Å². The molecule has 30 heavy (non-hydrogen) atoms. The van der Waals surface area contributed by atoms with Gasteiger partial charge in [0, 0.05) is 32.7 Å². The van der Waals surface area contributed by atoms with Crippen molar-refractivity contribution >= 4 is 0 Å². The first kappa shape index (κ1) is 22.0. The number of rotatable bonds is 5. The third kappa shape index (κ3) is 4.52. The van der Waals surface area contributed by atoms with Crippen molar-refractivity contribution in [1.29, 1.82) is 0 Å². The van der Waals surface area contributed by atoms with Crippen LogP contribution in [0.4, 0.5) is 0 Å². The van der Waals surface area contributed by atoms with Crippen LogP contribution in [0.3, 0.4) is 0 Å². The van der Waals surface area contributed by atoms with E-state index in [9.17, 15) is 5.11 Å². The normalized spacial score (nSPS) is 31.1. The lowest BCUT2D eigenvalue weighted by molar-refractivity contribution is -0.118. The first-order valence-corrected chi connectivity index (χ1v) is 11.9. The minimum absolute atomic E-state index is 0.118. The molecule has 2 aliphatic heterocycles. The van der Waals surface area contributed by atoms with Gasteiger partial charge >= 0.3 is 0 Å². The van der Waals surface area contributed by atoms with E-state index >= 15 is 0 Å². The molecule has 1 aliphatic carbocycles. The van der Waals surface area contributed by atoms with Crippen LogP contribution >= 0.6 is 0 Å². The number of hydrogen-bond donors (Lipinski definition) is 1. The van der Waals surface area contributed by atoms with Crippen LogP contribution in [0, 0.1) is 5.41 Å². The van der Waals surface area contributed by atoms with E-state index in [0.717, 1.165) is 57.9 Å². The van der Waals surface area contributed by atoms with Crippen LogP contribution in [0.1, 0.15) is 58.4 Å². The monoisotopic (exact) mass is 412 g/mol. The molecule has 0 unspecified atom stereocenters. The highest BCUT2D eigenvalue weighted by atomic mass is 16.5. The summed E-state index contributed by atoms with van der Waals surface area (Å²) in [7, 11) is 0. The summed E-state index contributed by atoms with van der Waals surface area (Å²) in [5, 5.41) is 11.9. The summed E-state index contributed by atoms with van der Waals surface area (Å²) >= 11 is 0. The van der Waals surface area contributed by atoms with Gasteiger partial charge in [0.1, 0.15) is 5.60 Å². The van der Waals surface area contributed by atoms with E-state index in [1.54, 1.807) is 11.1 Å². The van der Waals surface area contributed by atoms with Gasteiger partial charge in [0.15, 0.2) is 0 Å². The SMILES string of the molecule is CC1=C(CCN2CC[C@](O)(c3ccccc3)[C@H](N3CCOCC3)C2)C(C)(C)CCC1. The van der Waals surface area contributed by atoms with E-state index < -0.39 is 5.60 Å². The second kappa shape index (κ2) is 9.12. The summed E-state index contributed by atoms with van der Waals surface area (Å²) in [5.41, 5.74) is 3.92. The van der Waals surface area contributed by atoms with E-state index in [1.807, 2.05) is 6.07 Å². The summed E-state index contributed by atoms with van der Waals surface area (Å²) in [6.45, 7) is 13.5. The third-order valence-corrected chi connectivity index (χ3v) is 7.92. The molecule has 4 nitrogen and oxygen atoms in total. The predicted molar refractivity (Wildman–Crippen MR) is 123 cm³/mol. The number of allylic oxidation sites excluding steroid dienone is 1. The van der Waals surface area contributed by atoms with Crippen LogP contribution in [0.2, 0.25) is 0 Å². The van der Waals surface area contributed by atoms with Crippen molar-refractivity contribution in [3.8, 4) is 0 Å². The van der Waals surface area contributed by atoms with Crippen molar-refractivity contribution in [1.82, 2.24) is 9.80 Å². The predicted octanol–water partition coefficient (Wildman–Crippen LogP) is 4.20.